The van der Waals surface area contributed by atoms with E-state index in [0.717, 1.165) is 12.8 Å². The van der Waals surface area contributed by atoms with Crippen LogP contribution in [0.25, 0.3) is 0 Å². The van der Waals surface area contributed by atoms with E-state index < -0.39 is 15.7 Å². The third-order valence-electron chi connectivity index (χ3n) is 4.37. The zero-order valence-corrected chi connectivity index (χ0v) is 15.7. The molecule has 1 saturated carbocycles. The van der Waals surface area contributed by atoms with Gasteiger partial charge in [0.15, 0.2) is 15.0 Å². The Morgan fingerprint density at radius 1 is 1.33 bits per heavy atom. The number of aliphatic imine (C=N–C) groups is 1. The molecule has 3 fully saturated rings. The van der Waals surface area contributed by atoms with E-state index >= 15 is 0 Å². The zero-order valence-electron chi connectivity index (χ0n) is 12.5. The predicted octanol–water partition coefficient (Wildman–Crippen LogP) is 2.60. The zero-order chi connectivity index (χ0) is 17.1. The van der Waals surface area contributed by atoms with Gasteiger partial charge in [0, 0.05) is 15.6 Å². The molecular formula is C15H14BrFN2O3S2. The van der Waals surface area contributed by atoms with Crippen LogP contribution in [0.2, 0.25) is 0 Å². The van der Waals surface area contributed by atoms with Gasteiger partial charge in [-0.1, -0.05) is 27.7 Å². The molecule has 1 amide bonds. The van der Waals surface area contributed by atoms with Gasteiger partial charge < -0.3 is 4.90 Å². The Bertz CT molecular complexity index is 854. The molecule has 1 aromatic rings. The summed E-state index contributed by atoms with van der Waals surface area (Å²) in [7, 11) is -3.16. The molecule has 1 aromatic carbocycles. The van der Waals surface area contributed by atoms with Crippen LogP contribution < -0.4 is 4.90 Å². The molecule has 0 aromatic heterocycles. The fourth-order valence-corrected chi connectivity index (χ4v) is 7.28. The lowest BCUT2D eigenvalue weighted by molar-refractivity contribution is -0.118. The molecule has 5 nitrogen and oxygen atoms in total. The highest BCUT2D eigenvalue weighted by atomic mass is 79.9. The SMILES string of the molecule is O=C(N=C1S[C@H]2CS(=O)(=O)C[C@H]2N1c1ccc(Br)cc1F)C1CC1. The van der Waals surface area contributed by atoms with Crippen LogP contribution in [0.4, 0.5) is 10.1 Å². The highest BCUT2D eigenvalue weighted by molar-refractivity contribution is 9.10. The fourth-order valence-electron chi connectivity index (χ4n) is 3.04. The number of anilines is 1. The number of amides is 1. The van der Waals surface area contributed by atoms with Crippen LogP contribution in [0.3, 0.4) is 0 Å². The van der Waals surface area contributed by atoms with E-state index in [1.165, 1.54) is 17.8 Å². The van der Waals surface area contributed by atoms with Crippen LogP contribution in [0.1, 0.15) is 12.8 Å². The van der Waals surface area contributed by atoms with Crippen LogP contribution in [-0.2, 0) is 14.6 Å². The van der Waals surface area contributed by atoms with E-state index in [-0.39, 0.29) is 40.3 Å². The maximum Gasteiger partial charge on any atom is 0.251 e. The van der Waals surface area contributed by atoms with Gasteiger partial charge >= 0.3 is 0 Å². The van der Waals surface area contributed by atoms with Crippen LogP contribution in [-0.4, -0.2) is 42.3 Å². The molecule has 0 radical (unpaired) electrons. The van der Waals surface area contributed by atoms with Crippen molar-refractivity contribution in [3.63, 3.8) is 0 Å². The van der Waals surface area contributed by atoms with Crippen molar-refractivity contribution in [3.05, 3.63) is 28.5 Å². The third kappa shape index (κ3) is 3.01. The Hall–Kier alpha value is -0.930. The van der Waals surface area contributed by atoms with Crippen molar-refractivity contribution in [3.8, 4) is 0 Å². The Labute approximate surface area is 151 Å². The summed E-state index contributed by atoms with van der Waals surface area (Å²) in [5, 5.41) is 0.196. The van der Waals surface area contributed by atoms with Gasteiger partial charge in [-0.3, -0.25) is 4.79 Å². The standard InChI is InChI=1S/C15H14BrFN2O3S2/c16-9-3-4-11(10(17)5-9)19-12-6-24(21,22)7-13(12)23-15(19)18-14(20)8-1-2-8/h3-5,8,12-13H,1-2,6-7H2/t12-,13+/m1/s1. The molecule has 0 spiro atoms. The summed E-state index contributed by atoms with van der Waals surface area (Å²) in [6.07, 6.45) is 1.68. The topological polar surface area (TPSA) is 66.8 Å². The van der Waals surface area contributed by atoms with E-state index in [1.807, 2.05) is 0 Å². The fraction of sp³-hybridized carbons (Fsp3) is 0.467. The lowest BCUT2D eigenvalue weighted by atomic mass is 10.2. The minimum atomic E-state index is -3.16. The molecular weight excluding hydrogens is 419 g/mol. The third-order valence-corrected chi connectivity index (χ3v) is 8.07. The van der Waals surface area contributed by atoms with Crippen LogP contribution >= 0.6 is 27.7 Å². The largest absolute Gasteiger partial charge is 0.313 e. The van der Waals surface area contributed by atoms with Crippen LogP contribution in [0, 0.1) is 11.7 Å². The molecule has 2 heterocycles. The monoisotopic (exact) mass is 432 g/mol. The van der Waals surface area contributed by atoms with Gasteiger partial charge in [0.05, 0.1) is 23.2 Å². The lowest BCUT2D eigenvalue weighted by Crippen LogP contribution is -2.38. The molecule has 0 bridgehead atoms. The molecule has 2 atom stereocenters. The first-order valence-electron chi connectivity index (χ1n) is 7.58. The summed E-state index contributed by atoms with van der Waals surface area (Å²) in [4.78, 5) is 17.9. The maximum atomic E-state index is 14.5. The minimum Gasteiger partial charge on any atom is -0.313 e. The number of hydrogen-bond donors (Lipinski definition) is 0. The number of benzene rings is 1. The van der Waals surface area contributed by atoms with Crippen molar-refractivity contribution in [1.29, 1.82) is 0 Å². The van der Waals surface area contributed by atoms with Gasteiger partial charge in [0.2, 0.25) is 0 Å². The Morgan fingerprint density at radius 3 is 2.75 bits per heavy atom. The first-order chi connectivity index (χ1) is 11.3. The number of sulfone groups is 1. The molecule has 0 N–H and O–H groups in total. The number of carbonyl (C=O) groups excluding carboxylic acids is 1. The van der Waals surface area contributed by atoms with Gasteiger partial charge in [-0.25, -0.2) is 12.8 Å². The van der Waals surface area contributed by atoms with E-state index in [1.54, 1.807) is 17.0 Å². The molecule has 2 saturated heterocycles. The Kier molecular flexibility index (Phi) is 4.00. The summed E-state index contributed by atoms with van der Waals surface area (Å²) in [5.74, 6) is -0.701. The average molecular weight is 433 g/mol. The van der Waals surface area contributed by atoms with Gasteiger partial charge in [-0.2, -0.15) is 4.99 Å². The Morgan fingerprint density at radius 2 is 2.08 bits per heavy atom. The van der Waals surface area contributed by atoms with Crippen molar-refractivity contribution in [1.82, 2.24) is 0 Å². The van der Waals surface area contributed by atoms with Crippen molar-refractivity contribution in [2.75, 3.05) is 16.4 Å². The van der Waals surface area contributed by atoms with Crippen molar-refractivity contribution in [2.24, 2.45) is 10.9 Å². The smallest absolute Gasteiger partial charge is 0.251 e. The number of fused-ring (bicyclic) bond motifs is 1. The van der Waals surface area contributed by atoms with E-state index in [4.69, 9.17) is 0 Å². The molecule has 0 unspecified atom stereocenters. The van der Waals surface area contributed by atoms with Crippen molar-refractivity contribution in [2.45, 2.75) is 24.1 Å². The summed E-state index contributed by atoms with van der Waals surface area (Å²) < 4.78 is 39.0. The van der Waals surface area contributed by atoms with Gasteiger partial charge in [-0.05, 0) is 31.0 Å². The number of halogens is 2. The van der Waals surface area contributed by atoms with Crippen LogP contribution in [0.15, 0.2) is 27.7 Å². The van der Waals surface area contributed by atoms with E-state index in [2.05, 4.69) is 20.9 Å². The second-order valence-corrected chi connectivity index (χ2v) is 10.5. The minimum absolute atomic E-state index is 0.0288. The molecule has 9 heteroatoms. The van der Waals surface area contributed by atoms with Crippen LogP contribution in [0.5, 0.6) is 0 Å². The number of amidine groups is 1. The molecule has 24 heavy (non-hydrogen) atoms. The molecule has 3 aliphatic rings. The second kappa shape index (κ2) is 5.81. The molecule has 4 rings (SSSR count). The summed E-state index contributed by atoms with van der Waals surface area (Å²) in [6, 6.07) is 4.23. The first kappa shape index (κ1) is 16.5. The molecule has 128 valence electrons. The summed E-state index contributed by atoms with van der Waals surface area (Å²) in [5.41, 5.74) is 0.262. The number of nitrogens with zero attached hydrogens (tertiary/aromatic N) is 2. The van der Waals surface area contributed by atoms with Gasteiger partial charge in [0.1, 0.15) is 5.82 Å². The van der Waals surface area contributed by atoms with Gasteiger partial charge in [-0.15, -0.1) is 0 Å². The number of thioether (sulfide) groups is 1. The summed E-state index contributed by atoms with van der Waals surface area (Å²) in [6.45, 7) is 0. The number of rotatable bonds is 2. The number of hydrogen-bond acceptors (Lipinski definition) is 4. The normalized spacial score (nSPS) is 29.9. The van der Waals surface area contributed by atoms with Crippen molar-refractivity contribution < 1.29 is 17.6 Å². The second-order valence-electron chi connectivity index (χ2n) is 6.27. The number of carbonyl (C=O) groups is 1. The first-order valence-corrected chi connectivity index (χ1v) is 11.1. The van der Waals surface area contributed by atoms with Crippen molar-refractivity contribution >= 4 is 54.3 Å². The molecule has 1 aliphatic carbocycles. The quantitative estimate of drug-likeness (QED) is 0.718. The highest BCUT2D eigenvalue weighted by Gasteiger charge is 2.50. The molecule has 2 aliphatic heterocycles. The summed E-state index contributed by atoms with van der Waals surface area (Å²) >= 11 is 4.49. The highest BCUT2D eigenvalue weighted by Crippen LogP contribution is 2.42. The average Bonchev–Trinajstić information content (AvgIpc) is 3.22. The lowest BCUT2D eigenvalue weighted by Gasteiger charge is -2.25. The maximum absolute atomic E-state index is 14.5. The Balaban J connectivity index is 1.76. The van der Waals surface area contributed by atoms with Gasteiger partial charge in [0.25, 0.3) is 5.91 Å². The van der Waals surface area contributed by atoms with E-state index in [0.29, 0.717) is 9.64 Å². The predicted molar refractivity (Wildman–Crippen MR) is 95.6 cm³/mol. The van der Waals surface area contributed by atoms with E-state index in [9.17, 15) is 17.6 Å².